The van der Waals surface area contributed by atoms with Crippen molar-refractivity contribution in [1.82, 2.24) is 4.72 Å². The van der Waals surface area contributed by atoms with E-state index in [1.807, 2.05) is 37.3 Å². The number of rotatable bonds is 7. The van der Waals surface area contributed by atoms with Crippen molar-refractivity contribution in [3.63, 3.8) is 0 Å². The number of nitrogens with zero attached hydrogens (tertiary/aromatic N) is 1. The first-order valence-electron chi connectivity index (χ1n) is 8.57. The molecule has 1 aliphatic heterocycles. The lowest BCUT2D eigenvalue weighted by atomic mass is 10.1. The summed E-state index contributed by atoms with van der Waals surface area (Å²) >= 11 is 0. The van der Waals surface area contributed by atoms with Gasteiger partial charge in [-0.05, 0) is 49.2 Å². The van der Waals surface area contributed by atoms with Crippen LogP contribution in [0.25, 0.3) is 0 Å². The van der Waals surface area contributed by atoms with E-state index in [9.17, 15) is 13.2 Å². The molecule has 138 valence electrons. The normalized spacial score (nSPS) is 17.5. The van der Waals surface area contributed by atoms with E-state index in [-0.39, 0.29) is 23.3 Å². The van der Waals surface area contributed by atoms with Crippen LogP contribution in [0.5, 0.6) is 5.75 Å². The second-order valence-corrected chi connectivity index (χ2v) is 7.93. The van der Waals surface area contributed by atoms with Crippen LogP contribution >= 0.6 is 0 Å². The molecular formula is C19H22N2O4S. The van der Waals surface area contributed by atoms with E-state index in [0.29, 0.717) is 25.3 Å². The van der Waals surface area contributed by atoms with Gasteiger partial charge in [0.15, 0.2) is 0 Å². The van der Waals surface area contributed by atoms with Gasteiger partial charge >= 0.3 is 0 Å². The van der Waals surface area contributed by atoms with Crippen molar-refractivity contribution in [3.8, 4) is 5.75 Å². The summed E-state index contributed by atoms with van der Waals surface area (Å²) in [7, 11) is -3.61. The Morgan fingerprint density at radius 1 is 1.12 bits per heavy atom. The van der Waals surface area contributed by atoms with E-state index in [2.05, 4.69) is 4.72 Å². The Kier molecular flexibility index (Phi) is 5.58. The van der Waals surface area contributed by atoms with Gasteiger partial charge < -0.3 is 9.64 Å². The number of amides is 1. The first kappa shape index (κ1) is 18.4. The van der Waals surface area contributed by atoms with Crippen molar-refractivity contribution in [2.45, 2.75) is 18.2 Å². The fraction of sp³-hybridized carbons (Fsp3) is 0.316. The lowest BCUT2D eigenvalue weighted by Crippen LogP contribution is -2.31. The minimum absolute atomic E-state index is 0.0152. The van der Waals surface area contributed by atoms with Gasteiger partial charge in [0.1, 0.15) is 5.75 Å². The number of sulfonamides is 1. The van der Waals surface area contributed by atoms with Crippen LogP contribution in [0.3, 0.4) is 0 Å². The predicted octanol–water partition coefficient (Wildman–Crippen LogP) is 2.42. The molecule has 1 unspecified atom stereocenters. The Balaban J connectivity index is 1.60. The van der Waals surface area contributed by atoms with Crippen LogP contribution in [0.1, 0.15) is 13.3 Å². The monoisotopic (exact) mass is 374 g/mol. The van der Waals surface area contributed by atoms with E-state index in [0.717, 1.165) is 5.69 Å². The number of nitrogens with one attached hydrogen (secondary N) is 1. The van der Waals surface area contributed by atoms with E-state index >= 15 is 0 Å². The van der Waals surface area contributed by atoms with Gasteiger partial charge in [0.05, 0.1) is 11.5 Å². The highest BCUT2D eigenvalue weighted by Gasteiger charge is 2.31. The molecule has 1 N–H and O–H groups in total. The first-order valence-corrected chi connectivity index (χ1v) is 10.1. The number of ether oxygens (including phenoxy) is 1. The second-order valence-electron chi connectivity index (χ2n) is 6.17. The summed E-state index contributed by atoms with van der Waals surface area (Å²) < 4.78 is 32.8. The zero-order valence-corrected chi connectivity index (χ0v) is 15.4. The molecule has 0 radical (unpaired) electrons. The molecule has 26 heavy (non-hydrogen) atoms. The highest BCUT2D eigenvalue weighted by Crippen LogP contribution is 2.25. The molecule has 0 spiro atoms. The third kappa shape index (κ3) is 4.23. The van der Waals surface area contributed by atoms with E-state index in [4.69, 9.17) is 4.74 Å². The van der Waals surface area contributed by atoms with Crippen LogP contribution in [0, 0.1) is 5.92 Å². The van der Waals surface area contributed by atoms with Crippen molar-refractivity contribution < 1.29 is 17.9 Å². The Bertz CT molecular complexity index is 851. The molecule has 1 amide bonds. The van der Waals surface area contributed by atoms with E-state index in [1.165, 1.54) is 12.1 Å². The Morgan fingerprint density at radius 2 is 1.81 bits per heavy atom. The second kappa shape index (κ2) is 7.88. The molecule has 1 heterocycles. The zero-order valence-electron chi connectivity index (χ0n) is 14.6. The van der Waals surface area contributed by atoms with Gasteiger partial charge in [-0.1, -0.05) is 18.2 Å². The molecule has 2 aromatic rings. The Hall–Kier alpha value is -2.38. The fourth-order valence-electron chi connectivity index (χ4n) is 2.97. The highest BCUT2D eigenvalue weighted by molar-refractivity contribution is 7.89. The number of anilines is 1. The summed E-state index contributed by atoms with van der Waals surface area (Å²) in [5.41, 5.74) is 0.842. The molecule has 2 aromatic carbocycles. The molecule has 7 heteroatoms. The van der Waals surface area contributed by atoms with Crippen LogP contribution in [0.15, 0.2) is 59.5 Å². The van der Waals surface area contributed by atoms with Crippen molar-refractivity contribution in [2.24, 2.45) is 5.92 Å². The molecule has 6 nitrogen and oxygen atoms in total. The number of para-hydroxylation sites is 1. The minimum Gasteiger partial charge on any atom is -0.494 e. The van der Waals surface area contributed by atoms with Crippen molar-refractivity contribution in [2.75, 3.05) is 24.6 Å². The molecule has 0 bridgehead atoms. The van der Waals surface area contributed by atoms with Crippen molar-refractivity contribution >= 4 is 21.6 Å². The lowest BCUT2D eigenvalue weighted by Gasteiger charge is -2.17. The summed E-state index contributed by atoms with van der Waals surface area (Å²) in [6.45, 7) is 3.13. The molecule has 3 rings (SSSR count). The topological polar surface area (TPSA) is 75.7 Å². The summed E-state index contributed by atoms with van der Waals surface area (Å²) in [5.74, 6) is 0.591. The maximum absolute atomic E-state index is 12.4. The molecule has 1 saturated heterocycles. The molecular weight excluding hydrogens is 352 g/mol. The van der Waals surface area contributed by atoms with Crippen LogP contribution < -0.4 is 14.4 Å². The first-order chi connectivity index (χ1) is 12.5. The van der Waals surface area contributed by atoms with Gasteiger partial charge in [0.2, 0.25) is 15.9 Å². The molecule has 0 saturated carbocycles. The predicted molar refractivity (Wildman–Crippen MR) is 99.7 cm³/mol. The summed E-state index contributed by atoms with van der Waals surface area (Å²) in [6.07, 6.45) is 0.334. The van der Waals surface area contributed by atoms with Gasteiger partial charge in [-0.25, -0.2) is 13.1 Å². The SMILES string of the molecule is CCOc1ccc(S(=O)(=O)NCC2CC(=O)N(c3ccccc3)C2)cc1. The molecule has 0 aliphatic carbocycles. The minimum atomic E-state index is -3.61. The van der Waals surface area contributed by atoms with Gasteiger partial charge in [0.25, 0.3) is 0 Å². The van der Waals surface area contributed by atoms with Gasteiger partial charge in [-0.3, -0.25) is 4.79 Å². The average Bonchev–Trinajstić information content (AvgIpc) is 3.02. The zero-order chi connectivity index (χ0) is 18.6. The molecule has 0 aromatic heterocycles. The van der Waals surface area contributed by atoms with Gasteiger partial charge in [-0.2, -0.15) is 0 Å². The lowest BCUT2D eigenvalue weighted by molar-refractivity contribution is -0.117. The van der Waals surface area contributed by atoms with Crippen LogP contribution in [0.2, 0.25) is 0 Å². The number of carbonyl (C=O) groups excluding carboxylic acids is 1. The van der Waals surface area contributed by atoms with Crippen molar-refractivity contribution in [3.05, 3.63) is 54.6 Å². The summed E-state index contributed by atoms with van der Waals surface area (Å²) in [4.78, 5) is 14.1. The quantitative estimate of drug-likeness (QED) is 0.808. The average molecular weight is 374 g/mol. The van der Waals surface area contributed by atoms with Gasteiger partial charge in [-0.15, -0.1) is 0 Å². The Labute approximate surface area is 153 Å². The summed E-state index contributed by atoms with van der Waals surface area (Å²) in [6, 6.07) is 15.7. The highest BCUT2D eigenvalue weighted by atomic mass is 32.2. The number of hydrogen-bond acceptors (Lipinski definition) is 4. The van der Waals surface area contributed by atoms with Crippen molar-refractivity contribution in [1.29, 1.82) is 0 Å². The maximum atomic E-state index is 12.4. The summed E-state index contributed by atoms with van der Waals surface area (Å²) in [5, 5.41) is 0. The van der Waals surface area contributed by atoms with Gasteiger partial charge in [0, 0.05) is 25.2 Å². The van der Waals surface area contributed by atoms with E-state index in [1.54, 1.807) is 17.0 Å². The third-order valence-electron chi connectivity index (χ3n) is 4.28. The van der Waals surface area contributed by atoms with Crippen LogP contribution in [0.4, 0.5) is 5.69 Å². The number of hydrogen-bond donors (Lipinski definition) is 1. The van der Waals surface area contributed by atoms with E-state index < -0.39 is 10.0 Å². The molecule has 1 fully saturated rings. The maximum Gasteiger partial charge on any atom is 0.240 e. The Morgan fingerprint density at radius 3 is 2.46 bits per heavy atom. The van der Waals surface area contributed by atoms with Crippen LogP contribution in [-0.4, -0.2) is 34.0 Å². The standard InChI is InChI=1S/C19H22N2O4S/c1-2-25-17-8-10-18(11-9-17)26(23,24)20-13-15-12-19(22)21(14-15)16-6-4-3-5-7-16/h3-11,15,20H,2,12-14H2,1H3. The third-order valence-corrected chi connectivity index (χ3v) is 5.72. The smallest absolute Gasteiger partial charge is 0.240 e. The largest absolute Gasteiger partial charge is 0.494 e. The number of carbonyl (C=O) groups is 1. The van der Waals surface area contributed by atoms with Crippen LogP contribution in [-0.2, 0) is 14.8 Å². The molecule has 1 aliphatic rings. The molecule has 1 atom stereocenters. The number of benzene rings is 2. The fourth-order valence-corrected chi connectivity index (χ4v) is 4.08.